The van der Waals surface area contributed by atoms with Crippen molar-refractivity contribution in [2.24, 2.45) is 5.73 Å². The van der Waals surface area contributed by atoms with Gasteiger partial charge >= 0.3 is 0 Å². The molecule has 1 amide bonds. The molecule has 0 saturated heterocycles. The Morgan fingerprint density at radius 1 is 1.43 bits per heavy atom. The molecule has 0 aliphatic rings. The van der Waals surface area contributed by atoms with Gasteiger partial charge in [-0.25, -0.2) is 0 Å². The molecule has 4 N–H and O–H groups in total. The van der Waals surface area contributed by atoms with Crippen LogP contribution >= 0.6 is 0 Å². The first-order valence-corrected chi connectivity index (χ1v) is 6.73. The van der Waals surface area contributed by atoms with Gasteiger partial charge in [-0.05, 0) is 25.5 Å². The van der Waals surface area contributed by atoms with Gasteiger partial charge < -0.3 is 16.2 Å². The van der Waals surface area contributed by atoms with E-state index in [1.165, 1.54) is 0 Å². The van der Waals surface area contributed by atoms with E-state index in [0.717, 1.165) is 11.3 Å². The van der Waals surface area contributed by atoms with Crippen LogP contribution in [0.1, 0.15) is 23.7 Å². The molecule has 1 aromatic heterocycles. The highest BCUT2D eigenvalue weighted by Crippen LogP contribution is 2.18. The average molecular weight is 289 g/mol. The van der Waals surface area contributed by atoms with Crippen molar-refractivity contribution >= 4 is 11.6 Å². The van der Waals surface area contributed by atoms with E-state index in [4.69, 9.17) is 10.8 Å². The van der Waals surface area contributed by atoms with E-state index < -0.39 is 11.9 Å². The number of aliphatic hydroxyl groups is 1. The molecule has 0 fully saturated rings. The molecule has 2 rings (SSSR count). The maximum Gasteiger partial charge on any atom is 0.246 e. The number of aromatic nitrogens is 3. The van der Waals surface area contributed by atoms with Gasteiger partial charge in [0.05, 0.1) is 6.20 Å². The summed E-state index contributed by atoms with van der Waals surface area (Å²) in [5.74, 6) is -0.523. The third-order valence-electron chi connectivity index (χ3n) is 3.04. The minimum atomic E-state index is -0.740. The zero-order valence-electron chi connectivity index (χ0n) is 11.9. The second kappa shape index (κ2) is 6.85. The molecule has 21 heavy (non-hydrogen) atoms. The van der Waals surface area contributed by atoms with Crippen molar-refractivity contribution < 1.29 is 9.90 Å². The normalized spacial score (nSPS) is 12.1. The molecule has 1 unspecified atom stereocenters. The summed E-state index contributed by atoms with van der Waals surface area (Å²) in [4.78, 5) is 11.6. The van der Waals surface area contributed by atoms with Crippen molar-refractivity contribution in [2.45, 2.75) is 25.9 Å². The Morgan fingerprint density at radius 2 is 2.14 bits per heavy atom. The number of aryl methyl sites for hydroxylation is 2. The lowest BCUT2D eigenvalue weighted by molar-refractivity contribution is -0.118. The first-order chi connectivity index (χ1) is 10.1. The summed E-state index contributed by atoms with van der Waals surface area (Å²) in [6, 6.07) is 6.90. The van der Waals surface area contributed by atoms with Crippen LogP contribution in [0.4, 0.5) is 5.69 Å². The van der Waals surface area contributed by atoms with Crippen LogP contribution in [0.5, 0.6) is 0 Å². The van der Waals surface area contributed by atoms with Crippen molar-refractivity contribution in [1.82, 2.24) is 15.0 Å². The largest absolute Gasteiger partial charge is 0.396 e. The lowest BCUT2D eigenvalue weighted by Crippen LogP contribution is -2.28. The number of nitrogens with two attached hydrogens (primary N) is 1. The van der Waals surface area contributed by atoms with E-state index in [1.807, 2.05) is 31.2 Å². The van der Waals surface area contributed by atoms with Gasteiger partial charge in [0.25, 0.3) is 0 Å². The van der Waals surface area contributed by atoms with Gasteiger partial charge in [-0.3, -0.25) is 9.48 Å². The highest BCUT2D eigenvalue weighted by molar-refractivity contribution is 5.83. The first kappa shape index (κ1) is 15.0. The molecule has 0 saturated carbocycles. The summed E-state index contributed by atoms with van der Waals surface area (Å²) in [6.45, 7) is 2.61. The van der Waals surface area contributed by atoms with E-state index in [9.17, 15) is 4.79 Å². The van der Waals surface area contributed by atoms with Gasteiger partial charge in [0.2, 0.25) is 5.91 Å². The molecule has 7 heteroatoms. The lowest BCUT2D eigenvalue weighted by Gasteiger charge is -2.14. The number of hydrogen-bond acceptors (Lipinski definition) is 5. The van der Waals surface area contributed by atoms with Gasteiger partial charge in [-0.2, -0.15) is 0 Å². The van der Waals surface area contributed by atoms with Gasteiger partial charge in [0, 0.05) is 18.8 Å². The van der Waals surface area contributed by atoms with Crippen LogP contribution in [-0.2, 0) is 11.3 Å². The molecule has 1 aromatic carbocycles. The average Bonchev–Trinajstić information content (AvgIpc) is 2.92. The smallest absolute Gasteiger partial charge is 0.246 e. The second-order valence-electron chi connectivity index (χ2n) is 4.83. The zero-order chi connectivity index (χ0) is 15.2. The van der Waals surface area contributed by atoms with Crippen LogP contribution in [0.2, 0.25) is 0 Å². The molecule has 0 aliphatic heterocycles. The second-order valence-corrected chi connectivity index (χ2v) is 4.83. The SMILES string of the molecule is Cc1ccc(NC(C(N)=O)c2cn(CCCO)nn2)cc1. The van der Waals surface area contributed by atoms with E-state index in [1.54, 1.807) is 10.9 Å². The number of benzene rings is 1. The summed E-state index contributed by atoms with van der Waals surface area (Å²) < 4.78 is 1.58. The molecule has 0 aliphatic carbocycles. The number of amides is 1. The number of nitrogens with zero attached hydrogens (tertiary/aromatic N) is 3. The van der Waals surface area contributed by atoms with Gasteiger partial charge in [-0.1, -0.05) is 22.9 Å². The maximum absolute atomic E-state index is 11.6. The third kappa shape index (κ3) is 4.03. The Hall–Kier alpha value is -2.41. The predicted octanol–water partition coefficient (Wildman–Crippen LogP) is 0.607. The molecule has 7 nitrogen and oxygen atoms in total. The highest BCUT2D eigenvalue weighted by Gasteiger charge is 2.21. The topological polar surface area (TPSA) is 106 Å². The van der Waals surface area contributed by atoms with Gasteiger partial charge in [0.1, 0.15) is 5.69 Å². The van der Waals surface area contributed by atoms with Crippen molar-refractivity contribution in [2.75, 3.05) is 11.9 Å². The molecule has 1 atom stereocenters. The third-order valence-corrected chi connectivity index (χ3v) is 3.04. The number of hydrogen-bond donors (Lipinski definition) is 3. The lowest BCUT2D eigenvalue weighted by atomic mass is 10.1. The molecule has 112 valence electrons. The Kier molecular flexibility index (Phi) is 4.89. The zero-order valence-corrected chi connectivity index (χ0v) is 11.9. The van der Waals surface area contributed by atoms with Gasteiger partial charge in [0.15, 0.2) is 6.04 Å². The molecular formula is C14H19N5O2. The Labute approximate surface area is 122 Å². The molecular weight excluding hydrogens is 270 g/mol. The van der Waals surface area contributed by atoms with Crippen LogP contribution in [0.15, 0.2) is 30.5 Å². The molecule has 0 radical (unpaired) electrons. The Balaban J connectivity index is 2.13. The maximum atomic E-state index is 11.6. The van der Waals surface area contributed by atoms with Gasteiger partial charge in [-0.15, -0.1) is 5.10 Å². The van der Waals surface area contributed by atoms with Crippen LogP contribution in [0.25, 0.3) is 0 Å². The Morgan fingerprint density at radius 3 is 2.76 bits per heavy atom. The number of carbonyl (C=O) groups is 1. The predicted molar refractivity (Wildman–Crippen MR) is 78.5 cm³/mol. The van der Waals surface area contributed by atoms with Crippen molar-refractivity contribution in [1.29, 1.82) is 0 Å². The highest BCUT2D eigenvalue weighted by atomic mass is 16.3. The Bertz CT molecular complexity index is 594. The van der Waals surface area contributed by atoms with Crippen molar-refractivity contribution in [3.8, 4) is 0 Å². The number of anilines is 1. The summed E-state index contributed by atoms with van der Waals surface area (Å²) >= 11 is 0. The summed E-state index contributed by atoms with van der Waals surface area (Å²) in [5, 5.41) is 19.7. The summed E-state index contributed by atoms with van der Waals surface area (Å²) in [5.41, 5.74) is 7.81. The quantitative estimate of drug-likeness (QED) is 0.692. The standard InChI is InChI=1S/C14H19N5O2/c1-10-3-5-11(6-4-10)16-13(14(15)21)12-9-19(18-17-12)7-2-8-20/h3-6,9,13,16,20H,2,7-8H2,1H3,(H2,15,21). The molecule has 2 aromatic rings. The van der Waals surface area contributed by atoms with Crippen LogP contribution in [-0.4, -0.2) is 32.6 Å². The monoisotopic (exact) mass is 289 g/mol. The number of rotatable bonds is 7. The van der Waals surface area contributed by atoms with Crippen molar-refractivity contribution in [3.05, 3.63) is 41.7 Å². The first-order valence-electron chi connectivity index (χ1n) is 6.73. The van der Waals surface area contributed by atoms with Crippen molar-refractivity contribution in [3.63, 3.8) is 0 Å². The van der Waals surface area contributed by atoms with E-state index in [0.29, 0.717) is 18.7 Å². The fraction of sp³-hybridized carbons (Fsp3) is 0.357. The van der Waals surface area contributed by atoms with Crippen LogP contribution in [0.3, 0.4) is 0 Å². The van der Waals surface area contributed by atoms with E-state index in [-0.39, 0.29) is 6.61 Å². The minimum absolute atomic E-state index is 0.0794. The van der Waals surface area contributed by atoms with Crippen LogP contribution in [0, 0.1) is 6.92 Å². The number of primary amides is 1. The summed E-state index contributed by atoms with van der Waals surface area (Å²) in [6.07, 6.45) is 2.24. The fourth-order valence-electron chi connectivity index (χ4n) is 1.89. The molecule has 1 heterocycles. The van der Waals surface area contributed by atoms with E-state index in [2.05, 4.69) is 15.6 Å². The summed E-state index contributed by atoms with van der Waals surface area (Å²) in [7, 11) is 0. The number of aliphatic hydroxyl groups excluding tert-OH is 1. The van der Waals surface area contributed by atoms with Crippen LogP contribution < -0.4 is 11.1 Å². The molecule has 0 bridgehead atoms. The fourth-order valence-corrected chi connectivity index (χ4v) is 1.89. The van der Waals surface area contributed by atoms with E-state index >= 15 is 0 Å². The number of nitrogens with one attached hydrogen (secondary N) is 1. The number of carbonyl (C=O) groups excluding carboxylic acids is 1. The molecule has 0 spiro atoms. The minimum Gasteiger partial charge on any atom is -0.396 e.